The zero-order valence-electron chi connectivity index (χ0n) is 12.3. The zero-order valence-corrected chi connectivity index (χ0v) is 13.9. The van der Waals surface area contributed by atoms with Gasteiger partial charge >= 0.3 is 5.97 Å². The molecule has 0 saturated heterocycles. The topological polar surface area (TPSA) is 73.2 Å². The summed E-state index contributed by atoms with van der Waals surface area (Å²) < 4.78 is 7.19. The van der Waals surface area contributed by atoms with Gasteiger partial charge in [0.2, 0.25) is 0 Å². The molecular weight excluding hydrogens is 350 g/mol. The monoisotopic (exact) mass is 365 g/mol. The molecule has 0 spiro atoms. The smallest absolute Gasteiger partial charge is 0.307 e. The Kier molecular flexibility index (Phi) is 5.32. The second kappa shape index (κ2) is 7.22. The van der Waals surface area contributed by atoms with E-state index in [0.717, 1.165) is 15.9 Å². The molecule has 0 aliphatic heterocycles. The van der Waals surface area contributed by atoms with Gasteiger partial charge in [0.05, 0.1) is 36.7 Å². The van der Waals surface area contributed by atoms with Gasteiger partial charge in [-0.25, -0.2) is 4.68 Å². The fourth-order valence-electron chi connectivity index (χ4n) is 1.95. The lowest BCUT2D eigenvalue weighted by Crippen LogP contribution is -2.26. The van der Waals surface area contributed by atoms with E-state index in [2.05, 4.69) is 31.1 Å². The van der Waals surface area contributed by atoms with Crippen LogP contribution in [0, 0.1) is 6.92 Å². The summed E-state index contributed by atoms with van der Waals surface area (Å²) in [5.41, 5.74) is 2.08. The van der Waals surface area contributed by atoms with Crippen LogP contribution in [0.5, 0.6) is 0 Å². The third-order valence-electron chi connectivity index (χ3n) is 3.17. The van der Waals surface area contributed by atoms with Crippen molar-refractivity contribution in [1.29, 1.82) is 0 Å². The number of amides is 1. The molecule has 1 N–H and O–H groups in total. The molecule has 0 atom stereocenters. The van der Waals surface area contributed by atoms with Gasteiger partial charge in [0.1, 0.15) is 0 Å². The number of carbonyl (C=O) groups excluding carboxylic acids is 2. The van der Waals surface area contributed by atoms with Gasteiger partial charge in [-0.15, -0.1) is 0 Å². The maximum atomic E-state index is 12.1. The van der Waals surface area contributed by atoms with E-state index in [9.17, 15) is 9.59 Å². The third-order valence-corrected chi connectivity index (χ3v) is 3.70. The van der Waals surface area contributed by atoms with Gasteiger partial charge in [-0.1, -0.05) is 15.9 Å². The molecule has 0 aliphatic rings. The van der Waals surface area contributed by atoms with E-state index in [-0.39, 0.29) is 24.8 Å². The maximum absolute atomic E-state index is 12.1. The van der Waals surface area contributed by atoms with Crippen LogP contribution in [-0.4, -0.2) is 35.3 Å². The first-order valence-corrected chi connectivity index (χ1v) is 7.48. The lowest BCUT2D eigenvalue weighted by molar-refractivity contribution is -0.140. The number of nitrogens with zero attached hydrogens (tertiary/aromatic N) is 2. The number of hydrogen-bond donors (Lipinski definition) is 1. The van der Waals surface area contributed by atoms with Crippen molar-refractivity contribution >= 4 is 27.8 Å². The van der Waals surface area contributed by atoms with Crippen molar-refractivity contribution in [3.05, 3.63) is 46.2 Å². The molecule has 0 saturated carbocycles. The van der Waals surface area contributed by atoms with Crippen LogP contribution in [0.25, 0.3) is 5.69 Å². The van der Waals surface area contributed by atoms with E-state index in [1.54, 1.807) is 4.68 Å². The number of benzene rings is 1. The molecule has 0 aliphatic carbocycles. The molecule has 1 heterocycles. The van der Waals surface area contributed by atoms with Crippen LogP contribution >= 0.6 is 15.9 Å². The molecule has 2 aromatic rings. The van der Waals surface area contributed by atoms with Crippen molar-refractivity contribution in [2.24, 2.45) is 0 Å². The second-order valence-electron chi connectivity index (χ2n) is 4.61. The average molecular weight is 366 g/mol. The van der Waals surface area contributed by atoms with Crippen LogP contribution in [0.3, 0.4) is 0 Å². The summed E-state index contributed by atoms with van der Waals surface area (Å²) in [7, 11) is 1.32. The number of rotatable bonds is 5. The lowest BCUT2D eigenvalue weighted by atomic mass is 10.2. The van der Waals surface area contributed by atoms with Gasteiger partial charge in [0, 0.05) is 11.0 Å². The Morgan fingerprint density at radius 2 is 2.00 bits per heavy atom. The number of nitrogens with one attached hydrogen (secondary N) is 1. The fourth-order valence-corrected chi connectivity index (χ4v) is 2.21. The molecule has 1 amide bonds. The molecule has 7 heteroatoms. The Morgan fingerprint density at radius 3 is 2.64 bits per heavy atom. The van der Waals surface area contributed by atoms with Gasteiger partial charge in [0.25, 0.3) is 5.91 Å². The minimum atomic E-state index is -0.359. The third kappa shape index (κ3) is 3.73. The summed E-state index contributed by atoms with van der Waals surface area (Å²) >= 11 is 3.38. The van der Waals surface area contributed by atoms with Crippen LogP contribution in [0.4, 0.5) is 0 Å². The first-order chi connectivity index (χ1) is 10.5. The second-order valence-corrected chi connectivity index (χ2v) is 5.53. The molecular formula is C15H16BrN3O3. The molecule has 1 aromatic heterocycles. The fraction of sp³-hybridized carbons (Fsp3) is 0.267. The molecule has 1 aromatic carbocycles. The highest BCUT2D eigenvalue weighted by Crippen LogP contribution is 2.17. The minimum absolute atomic E-state index is 0.141. The summed E-state index contributed by atoms with van der Waals surface area (Å²) in [6, 6.07) is 7.63. The number of methoxy groups -OCH3 is 1. The minimum Gasteiger partial charge on any atom is -0.469 e. The van der Waals surface area contributed by atoms with Gasteiger partial charge in [-0.05, 0) is 31.2 Å². The number of esters is 1. The van der Waals surface area contributed by atoms with E-state index in [1.807, 2.05) is 31.2 Å². The first-order valence-electron chi connectivity index (χ1n) is 6.68. The van der Waals surface area contributed by atoms with Crippen LogP contribution in [0.2, 0.25) is 0 Å². The van der Waals surface area contributed by atoms with Gasteiger partial charge in [0.15, 0.2) is 0 Å². The van der Waals surface area contributed by atoms with Crippen molar-refractivity contribution < 1.29 is 14.3 Å². The normalized spacial score (nSPS) is 10.3. The van der Waals surface area contributed by atoms with E-state index >= 15 is 0 Å². The summed E-state index contributed by atoms with van der Waals surface area (Å²) in [6.45, 7) is 2.05. The Morgan fingerprint density at radius 1 is 1.32 bits per heavy atom. The quantitative estimate of drug-likeness (QED) is 0.824. The summed E-state index contributed by atoms with van der Waals surface area (Å²) in [5, 5.41) is 6.92. The number of halogens is 1. The Bertz CT molecular complexity index is 680. The van der Waals surface area contributed by atoms with Crippen molar-refractivity contribution in [3.8, 4) is 5.69 Å². The largest absolute Gasteiger partial charge is 0.469 e. The SMILES string of the molecule is COC(=O)CCNC(=O)c1cnn(-c2ccc(Br)cc2)c1C. The number of hydrogen-bond acceptors (Lipinski definition) is 4. The predicted molar refractivity (Wildman–Crippen MR) is 85.0 cm³/mol. The van der Waals surface area contributed by atoms with Gasteiger partial charge in [-0.3, -0.25) is 9.59 Å². The van der Waals surface area contributed by atoms with Crippen molar-refractivity contribution in [1.82, 2.24) is 15.1 Å². The predicted octanol–water partition coefficient (Wildman–Crippen LogP) is 2.24. The van der Waals surface area contributed by atoms with Crippen LogP contribution in [0.1, 0.15) is 22.5 Å². The Hall–Kier alpha value is -2.15. The molecule has 0 radical (unpaired) electrons. The van der Waals surface area contributed by atoms with E-state index in [4.69, 9.17) is 0 Å². The highest BCUT2D eigenvalue weighted by molar-refractivity contribution is 9.10. The summed E-state index contributed by atoms with van der Waals surface area (Å²) in [5.74, 6) is -0.618. The standard InChI is InChI=1S/C15H16BrN3O3/c1-10-13(15(21)17-8-7-14(20)22-2)9-18-19(10)12-5-3-11(16)4-6-12/h3-6,9H,7-8H2,1-2H3,(H,17,21). The van der Waals surface area contributed by atoms with Crippen LogP contribution in [0.15, 0.2) is 34.9 Å². The number of ether oxygens (including phenoxy) is 1. The van der Waals surface area contributed by atoms with Crippen molar-refractivity contribution in [2.45, 2.75) is 13.3 Å². The van der Waals surface area contributed by atoms with E-state index in [0.29, 0.717) is 5.56 Å². The number of aromatic nitrogens is 2. The van der Waals surface area contributed by atoms with E-state index < -0.39 is 0 Å². The molecule has 0 bridgehead atoms. The first kappa shape index (κ1) is 16.2. The van der Waals surface area contributed by atoms with Crippen LogP contribution in [-0.2, 0) is 9.53 Å². The average Bonchev–Trinajstić information content (AvgIpc) is 2.89. The molecule has 0 unspecified atom stereocenters. The molecule has 116 valence electrons. The van der Waals surface area contributed by atoms with E-state index in [1.165, 1.54) is 13.3 Å². The Labute approximate surface area is 136 Å². The van der Waals surface area contributed by atoms with Gasteiger partial charge < -0.3 is 10.1 Å². The molecule has 22 heavy (non-hydrogen) atoms. The van der Waals surface area contributed by atoms with Crippen LogP contribution < -0.4 is 5.32 Å². The Balaban J connectivity index is 2.08. The zero-order chi connectivity index (χ0) is 16.1. The molecule has 2 rings (SSSR count). The number of carbonyl (C=O) groups is 2. The van der Waals surface area contributed by atoms with Gasteiger partial charge in [-0.2, -0.15) is 5.10 Å². The van der Waals surface area contributed by atoms with Crippen molar-refractivity contribution in [2.75, 3.05) is 13.7 Å². The highest BCUT2D eigenvalue weighted by atomic mass is 79.9. The molecule has 6 nitrogen and oxygen atoms in total. The van der Waals surface area contributed by atoms with Crippen molar-refractivity contribution in [3.63, 3.8) is 0 Å². The highest BCUT2D eigenvalue weighted by Gasteiger charge is 2.15. The maximum Gasteiger partial charge on any atom is 0.307 e. The summed E-state index contributed by atoms with van der Waals surface area (Å²) in [4.78, 5) is 23.1. The summed E-state index contributed by atoms with van der Waals surface area (Å²) in [6.07, 6.45) is 1.66. The lowest BCUT2D eigenvalue weighted by Gasteiger charge is -2.06. The molecule has 0 fully saturated rings.